The molecule has 0 bridgehead atoms. The van der Waals surface area contributed by atoms with Crippen molar-refractivity contribution in [2.45, 2.75) is 45.1 Å². The molecule has 0 unspecified atom stereocenters. The zero-order valence-corrected chi connectivity index (χ0v) is 20.7. The van der Waals surface area contributed by atoms with E-state index in [9.17, 15) is 44.7 Å². The van der Waals surface area contributed by atoms with E-state index in [2.05, 4.69) is 21.9 Å². The second kappa shape index (κ2) is 14.8. The van der Waals surface area contributed by atoms with E-state index in [1.807, 2.05) is 0 Å². The highest BCUT2D eigenvalue weighted by Gasteiger charge is 2.23. The summed E-state index contributed by atoms with van der Waals surface area (Å²) in [5.74, 6) is -4.21. The molecule has 0 radical (unpaired) electrons. The molecule has 0 saturated heterocycles. The van der Waals surface area contributed by atoms with Crippen LogP contribution in [-0.4, -0.2) is 48.5 Å². The Balaban J connectivity index is 0.000000403. The molecule has 0 heterocycles. The Labute approximate surface area is 218 Å². The van der Waals surface area contributed by atoms with Gasteiger partial charge in [0.05, 0.1) is 28.0 Å². The van der Waals surface area contributed by atoms with Crippen LogP contribution in [0, 0.1) is 35.6 Å². The van der Waals surface area contributed by atoms with Gasteiger partial charge in [-0.15, -0.1) is 6.42 Å². The average Bonchev–Trinajstić information content (AvgIpc) is 2.80. The average molecular weight is 567 g/mol. The van der Waals surface area contributed by atoms with Crippen LogP contribution in [0.25, 0.3) is 0 Å². The van der Waals surface area contributed by atoms with Crippen molar-refractivity contribution in [3.8, 4) is 12.3 Å². The van der Waals surface area contributed by atoms with Crippen LogP contribution in [0.2, 0.25) is 0 Å². The summed E-state index contributed by atoms with van der Waals surface area (Å²) < 4.78 is 101. The number of carbonyl (C=O) groups is 2. The van der Waals surface area contributed by atoms with Gasteiger partial charge in [-0.25, -0.2) is 39.9 Å². The number of hydrogen-bond acceptors (Lipinski definition) is 4. The molecule has 0 fully saturated rings. The number of benzene rings is 2. The first-order chi connectivity index (χ1) is 18.1. The van der Waals surface area contributed by atoms with Crippen LogP contribution < -0.4 is 16.0 Å². The van der Waals surface area contributed by atoms with Crippen molar-refractivity contribution in [3.63, 3.8) is 0 Å². The predicted molar refractivity (Wildman–Crippen MR) is 128 cm³/mol. The van der Waals surface area contributed by atoms with Crippen LogP contribution in [0.5, 0.6) is 0 Å². The summed E-state index contributed by atoms with van der Waals surface area (Å²) in [6, 6.07) is 2.48. The summed E-state index contributed by atoms with van der Waals surface area (Å²) in [5.41, 5.74) is -2.82. The molecular formula is C25H25F8N3O3. The number of hydrogen-bond donors (Lipinski definition) is 4. The van der Waals surface area contributed by atoms with Crippen LogP contribution in [0.3, 0.4) is 0 Å². The molecule has 0 aliphatic carbocycles. The lowest BCUT2D eigenvalue weighted by Crippen LogP contribution is -2.42. The number of nitrogens with one attached hydrogen (secondary N) is 3. The fourth-order valence-electron chi connectivity index (χ4n) is 2.85. The van der Waals surface area contributed by atoms with Gasteiger partial charge in [0, 0.05) is 38.1 Å². The van der Waals surface area contributed by atoms with Crippen molar-refractivity contribution in [1.82, 2.24) is 5.32 Å². The zero-order valence-electron chi connectivity index (χ0n) is 20.7. The van der Waals surface area contributed by atoms with Gasteiger partial charge < -0.3 is 21.1 Å². The van der Waals surface area contributed by atoms with E-state index >= 15 is 0 Å². The van der Waals surface area contributed by atoms with Gasteiger partial charge in [0.2, 0.25) is 12.9 Å². The molecule has 2 rings (SSSR count). The molecule has 14 heteroatoms. The molecule has 214 valence electrons. The minimum Gasteiger partial charge on any atom is -0.478 e. The lowest BCUT2D eigenvalue weighted by molar-refractivity contribution is 0.0696. The Bertz CT molecular complexity index is 1200. The van der Waals surface area contributed by atoms with Gasteiger partial charge in [-0.3, -0.25) is 4.79 Å². The molecule has 39 heavy (non-hydrogen) atoms. The minimum atomic E-state index is -2.58. The standard InChI is InChI=1S/C15H16F4N2O.C10H9F4NO2/c1-4-15(2,3)21-14(22)10-7-9(16)8-11(17)13(10)20-6-5-12(18)19;11-5-3-6(10(16)17)9(7(12)4-5)15-2-1-8(13)14/h1,7-8,12,20H,5-6H2,2-3H3,(H,21,22);3-4,8,15H,1-2H2,(H,16,17). The molecule has 2 aromatic carbocycles. The first-order valence-electron chi connectivity index (χ1n) is 11.1. The third-order valence-corrected chi connectivity index (χ3v) is 4.70. The number of amides is 1. The van der Waals surface area contributed by atoms with E-state index in [0.29, 0.717) is 18.2 Å². The topological polar surface area (TPSA) is 90.5 Å². The number of carbonyl (C=O) groups excluding carboxylic acids is 1. The van der Waals surface area contributed by atoms with Crippen LogP contribution in [0.15, 0.2) is 24.3 Å². The predicted octanol–water partition coefficient (Wildman–Crippen LogP) is 5.90. The first kappa shape index (κ1) is 33.0. The lowest BCUT2D eigenvalue weighted by Gasteiger charge is -2.21. The summed E-state index contributed by atoms with van der Waals surface area (Å²) in [6.45, 7) is 2.49. The van der Waals surface area contributed by atoms with E-state index in [1.54, 1.807) is 0 Å². The number of carboxylic acids is 1. The van der Waals surface area contributed by atoms with Gasteiger partial charge in [0.15, 0.2) is 0 Å². The maximum atomic E-state index is 13.8. The summed E-state index contributed by atoms with van der Waals surface area (Å²) in [6.07, 6.45) is -1.02. The smallest absolute Gasteiger partial charge is 0.338 e. The van der Waals surface area contributed by atoms with Crippen molar-refractivity contribution >= 4 is 23.3 Å². The Hall–Kier alpha value is -4.02. The van der Waals surface area contributed by atoms with Gasteiger partial charge in [-0.2, -0.15) is 0 Å². The Morgan fingerprint density at radius 3 is 1.64 bits per heavy atom. The summed E-state index contributed by atoms with van der Waals surface area (Å²) >= 11 is 0. The number of terminal acetylenes is 1. The van der Waals surface area contributed by atoms with Crippen molar-refractivity contribution in [3.05, 3.63) is 58.7 Å². The van der Waals surface area contributed by atoms with Gasteiger partial charge in [-0.05, 0) is 26.0 Å². The summed E-state index contributed by atoms with van der Waals surface area (Å²) in [5, 5.41) is 15.7. The third-order valence-electron chi connectivity index (χ3n) is 4.70. The molecule has 6 nitrogen and oxygen atoms in total. The molecule has 4 N–H and O–H groups in total. The van der Waals surface area contributed by atoms with E-state index in [1.165, 1.54) is 13.8 Å². The van der Waals surface area contributed by atoms with Crippen molar-refractivity contribution in [2.75, 3.05) is 23.7 Å². The fraction of sp³-hybridized carbons (Fsp3) is 0.360. The molecule has 0 aromatic heterocycles. The van der Waals surface area contributed by atoms with Crippen molar-refractivity contribution in [1.29, 1.82) is 0 Å². The molecular weight excluding hydrogens is 542 g/mol. The molecule has 0 aliphatic rings. The van der Waals surface area contributed by atoms with Crippen molar-refractivity contribution in [2.24, 2.45) is 0 Å². The van der Waals surface area contributed by atoms with Crippen LogP contribution >= 0.6 is 0 Å². The molecule has 2 aromatic rings. The second-order valence-electron chi connectivity index (χ2n) is 8.36. The molecule has 0 aliphatic heterocycles. The molecule has 1 amide bonds. The fourth-order valence-corrected chi connectivity index (χ4v) is 2.85. The first-order valence-corrected chi connectivity index (χ1v) is 11.1. The number of rotatable bonds is 11. The summed E-state index contributed by atoms with van der Waals surface area (Å²) in [7, 11) is 0. The zero-order chi connectivity index (χ0) is 29.9. The second-order valence-corrected chi connectivity index (χ2v) is 8.36. The molecule has 0 saturated carbocycles. The van der Waals surface area contributed by atoms with E-state index in [4.69, 9.17) is 11.5 Å². The van der Waals surface area contributed by atoms with Gasteiger partial charge in [-0.1, -0.05) is 5.92 Å². The maximum Gasteiger partial charge on any atom is 0.338 e. The minimum absolute atomic E-state index is 0.265. The highest BCUT2D eigenvalue weighted by Crippen LogP contribution is 2.24. The monoisotopic (exact) mass is 567 g/mol. The normalized spacial score (nSPS) is 10.9. The molecule has 0 atom stereocenters. The van der Waals surface area contributed by atoms with Gasteiger partial charge in [0.25, 0.3) is 5.91 Å². The lowest BCUT2D eigenvalue weighted by atomic mass is 10.0. The number of carboxylic acid groups (broad SMARTS) is 1. The van der Waals surface area contributed by atoms with Gasteiger partial charge >= 0.3 is 5.97 Å². The Morgan fingerprint density at radius 2 is 1.26 bits per heavy atom. The number of anilines is 2. The molecule has 0 spiro atoms. The van der Waals surface area contributed by atoms with Gasteiger partial charge in [0.1, 0.15) is 23.3 Å². The van der Waals surface area contributed by atoms with E-state index < -0.39 is 77.6 Å². The van der Waals surface area contributed by atoms with E-state index in [0.717, 1.165) is 6.07 Å². The quantitative estimate of drug-likeness (QED) is 0.201. The Morgan fingerprint density at radius 1 is 0.846 bits per heavy atom. The number of alkyl halides is 4. The van der Waals surface area contributed by atoms with Crippen molar-refractivity contribution < 1.29 is 49.8 Å². The maximum absolute atomic E-state index is 13.8. The van der Waals surface area contributed by atoms with E-state index in [-0.39, 0.29) is 24.3 Å². The third kappa shape index (κ3) is 11.1. The Kier molecular flexibility index (Phi) is 12.5. The van der Waals surface area contributed by atoms with Crippen LogP contribution in [0.4, 0.5) is 46.5 Å². The highest BCUT2D eigenvalue weighted by molar-refractivity contribution is 6.00. The number of aromatic carboxylic acids is 1. The van der Waals surface area contributed by atoms with Crippen LogP contribution in [0.1, 0.15) is 47.4 Å². The highest BCUT2D eigenvalue weighted by atomic mass is 19.3. The van der Waals surface area contributed by atoms with Crippen LogP contribution in [-0.2, 0) is 0 Å². The number of halogens is 8. The summed E-state index contributed by atoms with van der Waals surface area (Å²) in [4.78, 5) is 22.8. The SMILES string of the molecule is C#CC(C)(C)NC(=O)c1cc(F)cc(F)c1NCCC(F)F.O=C(O)c1cc(F)cc(F)c1NCCC(F)F. The largest absolute Gasteiger partial charge is 0.478 e.